The Kier molecular flexibility index (Phi) is 3.74. The molecular formula is C19H23NO3. The van der Waals surface area contributed by atoms with Gasteiger partial charge < -0.3 is 9.15 Å². The minimum absolute atomic E-state index is 0.231. The lowest BCUT2D eigenvalue weighted by Crippen LogP contribution is -2.44. The van der Waals surface area contributed by atoms with Gasteiger partial charge >= 0.3 is 5.63 Å². The van der Waals surface area contributed by atoms with E-state index in [1.54, 1.807) is 6.07 Å². The normalized spacial score (nSPS) is 25.0. The lowest BCUT2D eigenvalue weighted by molar-refractivity contribution is -0.0704. The Balaban J connectivity index is 1.72. The summed E-state index contributed by atoms with van der Waals surface area (Å²) >= 11 is 0. The van der Waals surface area contributed by atoms with Crippen molar-refractivity contribution in [3.05, 3.63) is 45.3 Å². The van der Waals surface area contributed by atoms with Gasteiger partial charge in [0.25, 0.3) is 0 Å². The van der Waals surface area contributed by atoms with Crippen molar-refractivity contribution >= 4 is 11.0 Å². The molecule has 0 amide bonds. The van der Waals surface area contributed by atoms with Gasteiger partial charge in [-0.2, -0.15) is 0 Å². The fourth-order valence-electron chi connectivity index (χ4n) is 4.08. The molecule has 2 aliphatic rings. The van der Waals surface area contributed by atoms with Crippen LogP contribution in [0.3, 0.4) is 0 Å². The van der Waals surface area contributed by atoms with E-state index in [1.807, 2.05) is 0 Å². The highest BCUT2D eigenvalue weighted by Gasteiger charge is 2.23. The Morgan fingerprint density at radius 3 is 2.52 bits per heavy atom. The van der Waals surface area contributed by atoms with Crippen molar-refractivity contribution in [1.29, 1.82) is 0 Å². The Labute approximate surface area is 136 Å². The number of aryl methyl sites for hydroxylation is 2. The molecule has 2 atom stereocenters. The van der Waals surface area contributed by atoms with Crippen LogP contribution in [-0.4, -0.2) is 30.2 Å². The monoisotopic (exact) mass is 313 g/mol. The summed E-state index contributed by atoms with van der Waals surface area (Å²) in [5, 5.41) is 1.09. The number of morpholine rings is 1. The number of ether oxygens (including phenoxy) is 1. The summed E-state index contributed by atoms with van der Waals surface area (Å²) in [4.78, 5) is 14.3. The van der Waals surface area contributed by atoms with Gasteiger partial charge in [0.2, 0.25) is 0 Å². The molecule has 2 heterocycles. The molecule has 4 rings (SSSR count). The lowest BCUT2D eigenvalue weighted by Gasteiger charge is -2.35. The molecule has 4 nitrogen and oxygen atoms in total. The molecule has 23 heavy (non-hydrogen) atoms. The minimum Gasteiger partial charge on any atom is -0.423 e. The number of hydrogen-bond acceptors (Lipinski definition) is 4. The van der Waals surface area contributed by atoms with Crippen LogP contribution >= 0.6 is 0 Å². The first-order valence-corrected chi connectivity index (χ1v) is 8.55. The van der Waals surface area contributed by atoms with Gasteiger partial charge in [0.1, 0.15) is 5.58 Å². The van der Waals surface area contributed by atoms with Crippen molar-refractivity contribution in [3.8, 4) is 0 Å². The highest BCUT2D eigenvalue weighted by molar-refractivity contribution is 5.82. The first-order valence-electron chi connectivity index (χ1n) is 8.55. The molecule has 1 aliphatic carbocycles. The molecule has 4 heteroatoms. The molecule has 1 fully saturated rings. The fraction of sp³-hybridized carbons (Fsp3) is 0.526. The summed E-state index contributed by atoms with van der Waals surface area (Å²) in [7, 11) is 0. The van der Waals surface area contributed by atoms with E-state index in [-0.39, 0.29) is 17.8 Å². The molecule has 0 radical (unpaired) electrons. The van der Waals surface area contributed by atoms with Crippen LogP contribution in [0.2, 0.25) is 0 Å². The molecule has 0 N–H and O–H groups in total. The Morgan fingerprint density at radius 1 is 1.09 bits per heavy atom. The van der Waals surface area contributed by atoms with Gasteiger partial charge in [-0.15, -0.1) is 0 Å². The third kappa shape index (κ3) is 2.93. The largest absolute Gasteiger partial charge is 0.423 e. The standard InChI is InChI=1S/C19H23NO3/c1-12-9-20(10-13(2)22-12)11-16-8-19(21)23-18-7-15-5-3-4-14(15)6-17(16)18/h6-8,12-13H,3-5,9-11H2,1-2H3/t12-,13-/m0/s1. The third-order valence-electron chi connectivity index (χ3n) is 4.93. The number of fused-ring (bicyclic) bond motifs is 2. The van der Waals surface area contributed by atoms with Crippen LogP contribution in [0.25, 0.3) is 11.0 Å². The average Bonchev–Trinajstić information content (AvgIpc) is 2.91. The number of hydrogen-bond donors (Lipinski definition) is 0. The average molecular weight is 313 g/mol. The fourth-order valence-corrected chi connectivity index (χ4v) is 4.08. The van der Waals surface area contributed by atoms with Crippen molar-refractivity contribution in [2.75, 3.05) is 13.1 Å². The quantitative estimate of drug-likeness (QED) is 0.800. The third-order valence-corrected chi connectivity index (χ3v) is 4.93. The maximum Gasteiger partial charge on any atom is 0.336 e. The van der Waals surface area contributed by atoms with Crippen LogP contribution in [0.5, 0.6) is 0 Å². The highest BCUT2D eigenvalue weighted by atomic mass is 16.5. The maximum atomic E-state index is 12.0. The van der Waals surface area contributed by atoms with Gasteiger partial charge in [-0.25, -0.2) is 4.79 Å². The van der Waals surface area contributed by atoms with Gasteiger partial charge in [0.15, 0.2) is 0 Å². The minimum atomic E-state index is -0.250. The summed E-state index contributed by atoms with van der Waals surface area (Å²) in [6, 6.07) is 5.98. The van der Waals surface area contributed by atoms with Gasteiger partial charge in [0.05, 0.1) is 12.2 Å². The predicted molar refractivity (Wildman–Crippen MR) is 89.8 cm³/mol. The Morgan fingerprint density at radius 2 is 1.78 bits per heavy atom. The van der Waals surface area contributed by atoms with E-state index < -0.39 is 0 Å². The Hall–Kier alpha value is -1.65. The van der Waals surface area contributed by atoms with Gasteiger partial charge in [-0.1, -0.05) is 0 Å². The molecule has 1 aromatic heterocycles. The summed E-state index contributed by atoms with van der Waals surface area (Å²) in [5.41, 5.74) is 4.32. The van der Waals surface area contributed by atoms with Crippen LogP contribution in [0, 0.1) is 0 Å². The van der Waals surface area contributed by atoms with E-state index in [0.29, 0.717) is 0 Å². The number of benzene rings is 1. The molecule has 0 unspecified atom stereocenters. The second-order valence-corrected chi connectivity index (χ2v) is 7.01. The van der Waals surface area contributed by atoms with Gasteiger partial charge in [0, 0.05) is 31.1 Å². The molecule has 0 saturated carbocycles. The summed E-state index contributed by atoms with van der Waals surface area (Å²) in [5.74, 6) is 0. The zero-order valence-corrected chi connectivity index (χ0v) is 13.8. The zero-order chi connectivity index (χ0) is 16.0. The summed E-state index contributed by atoms with van der Waals surface area (Å²) in [6.45, 7) is 6.78. The summed E-state index contributed by atoms with van der Waals surface area (Å²) < 4.78 is 11.3. The smallest absolute Gasteiger partial charge is 0.336 e. The van der Waals surface area contributed by atoms with E-state index in [1.165, 1.54) is 17.5 Å². The zero-order valence-electron chi connectivity index (χ0n) is 13.8. The highest BCUT2D eigenvalue weighted by Crippen LogP contribution is 2.29. The van der Waals surface area contributed by atoms with Crippen LogP contribution < -0.4 is 5.63 Å². The molecule has 1 aromatic carbocycles. The van der Waals surface area contributed by atoms with Crippen LogP contribution in [0.1, 0.15) is 37.0 Å². The lowest BCUT2D eigenvalue weighted by atomic mass is 10.0. The second kappa shape index (κ2) is 5.77. The second-order valence-electron chi connectivity index (χ2n) is 7.01. The van der Waals surface area contributed by atoms with E-state index in [0.717, 1.165) is 49.0 Å². The van der Waals surface area contributed by atoms with Crippen molar-refractivity contribution in [1.82, 2.24) is 4.90 Å². The molecule has 0 spiro atoms. The van der Waals surface area contributed by atoms with Gasteiger partial charge in [-0.3, -0.25) is 4.90 Å². The van der Waals surface area contributed by atoms with Crippen molar-refractivity contribution in [3.63, 3.8) is 0 Å². The van der Waals surface area contributed by atoms with Crippen LogP contribution in [0.15, 0.2) is 27.4 Å². The van der Waals surface area contributed by atoms with Crippen LogP contribution in [0.4, 0.5) is 0 Å². The van der Waals surface area contributed by atoms with Crippen LogP contribution in [-0.2, 0) is 24.1 Å². The topological polar surface area (TPSA) is 42.7 Å². The maximum absolute atomic E-state index is 12.0. The first-order chi connectivity index (χ1) is 11.1. The van der Waals surface area contributed by atoms with Crippen molar-refractivity contribution in [2.24, 2.45) is 0 Å². The molecular weight excluding hydrogens is 290 g/mol. The van der Waals surface area contributed by atoms with E-state index in [9.17, 15) is 4.79 Å². The van der Waals surface area contributed by atoms with E-state index in [2.05, 4.69) is 30.9 Å². The van der Waals surface area contributed by atoms with E-state index in [4.69, 9.17) is 9.15 Å². The molecule has 1 saturated heterocycles. The molecule has 1 aliphatic heterocycles. The predicted octanol–water partition coefficient (Wildman–Crippen LogP) is 2.89. The summed E-state index contributed by atoms with van der Waals surface area (Å²) in [6.07, 6.45) is 3.89. The molecule has 122 valence electrons. The van der Waals surface area contributed by atoms with Crippen molar-refractivity contribution in [2.45, 2.75) is 51.9 Å². The Bertz CT molecular complexity index is 785. The molecule has 0 bridgehead atoms. The van der Waals surface area contributed by atoms with Crippen molar-refractivity contribution < 1.29 is 9.15 Å². The first kappa shape index (κ1) is 14.9. The SMILES string of the molecule is C[C@H]1CN(Cc2cc(=O)oc3cc4c(cc23)CCC4)C[C@H](C)O1. The van der Waals surface area contributed by atoms with E-state index >= 15 is 0 Å². The number of nitrogens with zero attached hydrogens (tertiary/aromatic N) is 1. The molecule has 2 aromatic rings. The number of rotatable bonds is 2. The van der Waals surface area contributed by atoms with Gasteiger partial charge in [-0.05, 0) is 61.9 Å².